The molecule has 1 nitrogen and oxygen atoms in total. The minimum absolute atomic E-state index is 0.141. The van der Waals surface area contributed by atoms with E-state index in [9.17, 15) is 13.6 Å². The van der Waals surface area contributed by atoms with E-state index in [4.69, 9.17) is 11.6 Å². The van der Waals surface area contributed by atoms with Crippen LogP contribution in [-0.4, -0.2) is 5.78 Å². The highest BCUT2D eigenvalue weighted by Crippen LogP contribution is 2.29. The second-order valence-electron chi connectivity index (χ2n) is 3.64. The first-order valence-electron chi connectivity index (χ1n) is 4.81. The molecule has 0 saturated heterocycles. The molecule has 2 rings (SSSR count). The number of fused-ring (bicyclic) bond motifs is 1. The fraction of sp³-hybridized carbons (Fsp3) is 0.364. The quantitative estimate of drug-likeness (QED) is 0.492. The zero-order valence-electron chi connectivity index (χ0n) is 7.95. The third-order valence-corrected chi connectivity index (χ3v) is 2.91. The summed E-state index contributed by atoms with van der Waals surface area (Å²) in [7, 11) is 0. The number of hydrogen-bond acceptors (Lipinski definition) is 1. The Morgan fingerprint density at radius 2 is 1.87 bits per heavy atom. The molecule has 0 amide bonds. The number of carbonyl (C=O) groups is 1. The Hall–Kier alpha value is -0.960. The topological polar surface area (TPSA) is 17.1 Å². The molecule has 0 aliphatic heterocycles. The van der Waals surface area contributed by atoms with Gasteiger partial charge in [-0.25, -0.2) is 8.78 Å². The monoisotopic (exact) mass is 230 g/mol. The summed E-state index contributed by atoms with van der Waals surface area (Å²) in [6.07, 6.45) is 2.05. The van der Waals surface area contributed by atoms with Crippen molar-refractivity contribution in [2.45, 2.75) is 25.7 Å². The normalized spacial score (nSPS) is 16.1. The summed E-state index contributed by atoms with van der Waals surface area (Å²) >= 11 is 5.50. The molecular weight excluding hydrogens is 222 g/mol. The highest BCUT2D eigenvalue weighted by Gasteiger charge is 2.24. The van der Waals surface area contributed by atoms with Crippen molar-refractivity contribution < 1.29 is 13.6 Å². The number of hydrogen-bond donors (Lipinski definition) is 0. The molecule has 1 aliphatic rings. The lowest BCUT2D eigenvalue weighted by atomic mass is 10.0. The fourth-order valence-corrected chi connectivity index (χ4v) is 2.07. The Labute approximate surface area is 91.0 Å². The van der Waals surface area contributed by atoms with Gasteiger partial charge in [-0.15, -0.1) is 0 Å². The average Bonchev–Trinajstić information content (AvgIpc) is 2.37. The Balaban J connectivity index is 2.69. The van der Waals surface area contributed by atoms with Gasteiger partial charge < -0.3 is 0 Å². The number of benzene rings is 1. The van der Waals surface area contributed by atoms with Crippen LogP contribution in [0.5, 0.6) is 0 Å². The van der Waals surface area contributed by atoms with Crippen LogP contribution in [0.2, 0.25) is 5.02 Å². The van der Waals surface area contributed by atoms with E-state index in [-0.39, 0.29) is 28.4 Å². The van der Waals surface area contributed by atoms with Crippen molar-refractivity contribution in [2.75, 3.05) is 0 Å². The smallest absolute Gasteiger partial charge is 0.166 e. The lowest BCUT2D eigenvalue weighted by Gasteiger charge is -2.08. The SMILES string of the molecule is O=C1CCCCc2c(F)cc(Cl)c(F)c21. The molecule has 0 spiro atoms. The molecule has 0 aromatic heterocycles. The Morgan fingerprint density at radius 1 is 1.20 bits per heavy atom. The van der Waals surface area contributed by atoms with Crippen LogP contribution in [0.4, 0.5) is 8.78 Å². The maximum absolute atomic E-state index is 13.6. The van der Waals surface area contributed by atoms with E-state index in [1.165, 1.54) is 0 Å². The van der Waals surface area contributed by atoms with Gasteiger partial charge >= 0.3 is 0 Å². The number of halogens is 3. The molecular formula is C11H9ClF2O. The van der Waals surface area contributed by atoms with Crippen molar-refractivity contribution in [3.8, 4) is 0 Å². The second-order valence-corrected chi connectivity index (χ2v) is 4.05. The average molecular weight is 231 g/mol. The molecule has 0 atom stereocenters. The summed E-state index contributed by atoms with van der Waals surface area (Å²) in [5.74, 6) is -1.70. The lowest BCUT2D eigenvalue weighted by molar-refractivity contribution is 0.0977. The molecule has 1 aromatic carbocycles. The molecule has 0 saturated carbocycles. The van der Waals surface area contributed by atoms with E-state index >= 15 is 0 Å². The van der Waals surface area contributed by atoms with Gasteiger partial charge in [0.05, 0.1) is 10.6 Å². The maximum Gasteiger partial charge on any atom is 0.166 e. The largest absolute Gasteiger partial charge is 0.294 e. The van der Waals surface area contributed by atoms with Crippen LogP contribution in [-0.2, 0) is 6.42 Å². The third kappa shape index (κ3) is 1.76. The van der Waals surface area contributed by atoms with Crippen molar-refractivity contribution in [2.24, 2.45) is 0 Å². The summed E-state index contributed by atoms with van der Waals surface area (Å²) < 4.78 is 27.0. The highest BCUT2D eigenvalue weighted by atomic mass is 35.5. The number of ketones is 1. The van der Waals surface area contributed by atoms with Crippen LogP contribution in [0, 0.1) is 11.6 Å². The van der Waals surface area contributed by atoms with E-state index in [2.05, 4.69) is 0 Å². The van der Waals surface area contributed by atoms with Gasteiger partial charge in [-0.2, -0.15) is 0 Å². The van der Waals surface area contributed by atoms with Crippen molar-refractivity contribution in [1.29, 1.82) is 0 Å². The summed E-state index contributed by atoms with van der Waals surface area (Å²) in [6, 6.07) is 0.939. The second kappa shape index (κ2) is 3.89. The fourth-order valence-electron chi connectivity index (χ4n) is 1.88. The molecule has 1 aliphatic carbocycles. The van der Waals surface area contributed by atoms with Crippen molar-refractivity contribution in [3.05, 3.63) is 33.9 Å². The summed E-state index contributed by atoms with van der Waals surface area (Å²) in [5.41, 5.74) is 0.0388. The Morgan fingerprint density at radius 3 is 2.60 bits per heavy atom. The minimum atomic E-state index is -0.778. The van der Waals surface area contributed by atoms with Crippen LogP contribution >= 0.6 is 11.6 Å². The zero-order chi connectivity index (χ0) is 11.0. The van der Waals surface area contributed by atoms with Crippen LogP contribution in [0.25, 0.3) is 0 Å². The molecule has 0 bridgehead atoms. The van der Waals surface area contributed by atoms with Gasteiger partial charge in [0.2, 0.25) is 0 Å². The summed E-state index contributed by atoms with van der Waals surface area (Å²) in [5, 5.41) is -0.318. The minimum Gasteiger partial charge on any atom is -0.294 e. The van der Waals surface area contributed by atoms with E-state index in [0.717, 1.165) is 6.07 Å². The van der Waals surface area contributed by atoms with Crippen LogP contribution < -0.4 is 0 Å². The Kier molecular flexibility index (Phi) is 2.74. The summed E-state index contributed by atoms with van der Waals surface area (Å²) in [6.45, 7) is 0. The predicted octanol–water partition coefficient (Wildman–Crippen LogP) is 3.53. The first-order chi connectivity index (χ1) is 7.11. The lowest BCUT2D eigenvalue weighted by Crippen LogP contribution is -2.07. The molecule has 80 valence electrons. The van der Waals surface area contributed by atoms with Gasteiger partial charge in [0, 0.05) is 12.0 Å². The van der Waals surface area contributed by atoms with E-state index in [0.29, 0.717) is 19.3 Å². The molecule has 0 heterocycles. The number of Topliss-reactive ketones (excluding diaryl/α,β-unsaturated/α-hetero) is 1. The van der Waals surface area contributed by atoms with E-state index in [1.807, 2.05) is 0 Å². The van der Waals surface area contributed by atoms with E-state index in [1.54, 1.807) is 0 Å². The van der Waals surface area contributed by atoms with Crippen molar-refractivity contribution in [3.63, 3.8) is 0 Å². The molecule has 0 N–H and O–H groups in total. The molecule has 15 heavy (non-hydrogen) atoms. The molecule has 1 aromatic rings. The highest BCUT2D eigenvalue weighted by molar-refractivity contribution is 6.31. The van der Waals surface area contributed by atoms with Crippen LogP contribution in [0.3, 0.4) is 0 Å². The van der Waals surface area contributed by atoms with Crippen LogP contribution in [0.15, 0.2) is 6.07 Å². The van der Waals surface area contributed by atoms with Gasteiger partial charge in [0.1, 0.15) is 5.82 Å². The van der Waals surface area contributed by atoms with Crippen molar-refractivity contribution >= 4 is 17.4 Å². The van der Waals surface area contributed by atoms with Gasteiger partial charge in [0.25, 0.3) is 0 Å². The number of carbonyl (C=O) groups excluding carboxylic acids is 1. The van der Waals surface area contributed by atoms with Crippen molar-refractivity contribution in [1.82, 2.24) is 0 Å². The molecule has 0 radical (unpaired) electrons. The molecule has 0 fully saturated rings. The van der Waals surface area contributed by atoms with Gasteiger partial charge in [-0.3, -0.25) is 4.79 Å². The van der Waals surface area contributed by atoms with E-state index < -0.39 is 11.6 Å². The zero-order valence-corrected chi connectivity index (χ0v) is 8.70. The van der Waals surface area contributed by atoms with Gasteiger partial charge in [-0.05, 0) is 25.3 Å². The maximum atomic E-state index is 13.6. The Bertz CT molecular complexity index is 429. The van der Waals surface area contributed by atoms with Crippen LogP contribution in [0.1, 0.15) is 35.2 Å². The number of rotatable bonds is 0. The summed E-state index contributed by atoms with van der Waals surface area (Å²) in [4.78, 5) is 11.6. The van der Waals surface area contributed by atoms with Gasteiger partial charge in [-0.1, -0.05) is 11.6 Å². The standard InChI is InChI=1S/C11H9ClF2O/c12-7-5-8(13)6-3-1-2-4-9(15)10(6)11(7)14/h5H,1-4H2. The first kappa shape index (κ1) is 10.6. The third-order valence-electron chi connectivity index (χ3n) is 2.63. The predicted molar refractivity (Wildman–Crippen MR) is 53.3 cm³/mol. The molecule has 0 unspecified atom stereocenters. The molecule has 4 heteroatoms. The van der Waals surface area contributed by atoms with Gasteiger partial charge in [0.15, 0.2) is 11.6 Å². The first-order valence-corrected chi connectivity index (χ1v) is 5.18.